The average Bonchev–Trinajstić information content (AvgIpc) is 3.46. The van der Waals surface area contributed by atoms with Gasteiger partial charge < -0.3 is 11.1 Å². The minimum atomic E-state index is -4.69. The number of carbonyl (C=O) groups is 1. The highest BCUT2D eigenvalue weighted by molar-refractivity contribution is 6.32. The van der Waals surface area contributed by atoms with Gasteiger partial charge in [0.2, 0.25) is 0 Å². The van der Waals surface area contributed by atoms with Gasteiger partial charge in [-0.3, -0.25) is 4.90 Å². The number of nitrogens with zero attached hydrogens (tertiary/aromatic N) is 8. The molecule has 2 amide bonds. The largest absolute Gasteiger partial charge is 0.401 e. The van der Waals surface area contributed by atoms with Crippen LogP contribution in [0.4, 0.5) is 35.0 Å². The third-order valence-electron chi connectivity index (χ3n) is 5.68. The van der Waals surface area contributed by atoms with Crippen LogP contribution in [0, 0.1) is 6.92 Å². The molecule has 5 heterocycles. The fourth-order valence-electron chi connectivity index (χ4n) is 3.86. The smallest absolute Gasteiger partial charge is 0.394 e. The molecule has 0 spiro atoms. The molecule has 4 aromatic rings. The number of alkyl halides is 3. The molecule has 0 aromatic carbocycles. The van der Waals surface area contributed by atoms with Crippen LogP contribution in [0.3, 0.4) is 0 Å². The van der Waals surface area contributed by atoms with Gasteiger partial charge in [-0.1, -0.05) is 11.6 Å². The van der Waals surface area contributed by atoms with E-state index in [-0.39, 0.29) is 39.2 Å². The van der Waals surface area contributed by atoms with Crippen molar-refractivity contribution in [1.82, 2.24) is 34.6 Å². The van der Waals surface area contributed by atoms with Crippen molar-refractivity contribution in [2.45, 2.75) is 25.4 Å². The Morgan fingerprint density at radius 3 is 2.59 bits per heavy atom. The first-order valence-corrected chi connectivity index (χ1v) is 10.2. The van der Waals surface area contributed by atoms with E-state index >= 15 is 0 Å². The van der Waals surface area contributed by atoms with Gasteiger partial charge in [0.05, 0.1) is 52.6 Å². The maximum Gasteiger partial charge on any atom is 0.401 e. The summed E-state index contributed by atoms with van der Waals surface area (Å²) in [5.74, 6) is 0.221. The van der Waals surface area contributed by atoms with Gasteiger partial charge in [-0.2, -0.15) is 28.5 Å². The molecule has 0 saturated carbocycles. The molecule has 11 nitrogen and oxygen atoms in total. The summed E-state index contributed by atoms with van der Waals surface area (Å²) in [6.07, 6.45) is 0.673. The number of urea groups is 1. The van der Waals surface area contributed by atoms with Gasteiger partial charge in [-0.25, -0.2) is 19.3 Å². The number of halogens is 4. The number of anilines is 3. The molecule has 176 valence electrons. The Hall–Kier alpha value is -3.94. The molecular formula is C19H16ClF3N10O. The van der Waals surface area contributed by atoms with Crippen molar-refractivity contribution in [1.29, 1.82) is 0 Å². The zero-order valence-corrected chi connectivity index (χ0v) is 18.4. The van der Waals surface area contributed by atoms with E-state index < -0.39 is 24.2 Å². The third kappa shape index (κ3) is 3.13. The molecule has 3 N–H and O–H groups in total. The second kappa shape index (κ2) is 7.28. The van der Waals surface area contributed by atoms with E-state index in [0.717, 1.165) is 16.3 Å². The van der Waals surface area contributed by atoms with Crippen LogP contribution in [-0.2, 0) is 5.41 Å². The van der Waals surface area contributed by atoms with Crippen molar-refractivity contribution in [2.24, 2.45) is 0 Å². The second-order valence-corrected chi connectivity index (χ2v) is 8.33. The Balaban J connectivity index is 1.53. The summed E-state index contributed by atoms with van der Waals surface area (Å²) in [4.78, 5) is 23.5. The molecule has 15 heteroatoms. The molecule has 0 unspecified atom stereocenters. The molecule has 0 saturated heterocycles. The second-order valence-electron chi connectivity index (χ2n) is 7.92. The van der Waals surface area contributed by atoms with Crippen LogP contribution in [-0.4, -0.2) is 53.3 Å². The maximum absolute atomic E-state index is 14.3. The normalized spacial score (nSPS) is 17.9. The van der Waals surface area contributed by atoms with E-state index in [2.05, 4.69) is 30.6 Å². The molecule has 34 heavy (non-hydrogen) atoms. The molecular weight excluding hydrogens is 477 g/mol. The minimum Gasteiger partial charge on any atom is -0.394 e. The standard InChI is InChI=1S/C19H16ClF3N10O/c1-9-13(24)16-26-7-12-14(32(16)30-9)18(2,19(21,22)23)8-31(12)17(34)29-10-5-11(20)15(25-6-10)33-27-3-4-28-33/h3-7H,8,24H2,1-2H3,(H,29,34)/t18-/m0/s1. The Labute approximate surface area is 194 Å². The van der Waals surface area contributed by atoms with Crippen LogP contribution in [0.5, 0.6) is 0 Å². The molecule has 0 bridgehead atoms. The quantitative estimate of drug-likeness (QED) is 0.439. The van der Waals surface area contributed by atoms with E-state index in [9.17, 15) is 18.0 Å². The van der Waals surface area contributed by atoms with Crippen LogP contribution in [0.25, 0.3) is 11.5 Å². The molecule has 1 atom stereocenters. The van der Waals surface area contributed by atoms with Gasteiger partial charge in [-0.15, -0.1) is 4.80 Å². The topological polar surface area (TPSA) is 132 Å². The van der Waals surface area contributed by atoms with Gasteiger partial charge in [0.1, 0.15) is 11.1 Å². The summed E-state index contributed by atoms with van der Waals surface area (Å²) >= 11 is 6.22. The van der Waals surface area contributed by atoms with E-state index in [1.54, 1.807) is 6.92 Å². The van der Waals surface area contributed by atoms with Crippen molar-refractivity contribution < 1.29 is 18.0 Å². The van der Waals surface area contributed by atoms with Gasteiger partial charge in [0.25, 0.3) is 0 Å². The lowest BCUT2D eigenvalue weighted by atomic mass is 9.87. The highest BCUT2D eigenvalue weighted by Gasteiger charge is 2.60. The van der Waals surface area contributed by atoms with Gasteiger partial charge >= 0.3 is 12.2 Å². The number of nitrogens with two attached hydrogens (primary N) is 1. The van der Waals surface area contributed by atoms with E-state index in [4.69, 9.17) is 17.3 Å². The number of aromatic nitrogens is 7. The summed E-state index contributed by atoms with van der Waals surface area (Å²) in [7, 11) is 0. The Morgan fingerprint density at radius 1 is 1.24 bits per heavy atom. The van der Waals surface area contributed by atoms with E-state index in [1.807, 2.05) is 0 Å². The highest BCUT2D eigenvalue weighted by Crippen LogP contribution is 2.50. The Bertz CT molecular complexity index is 1430. The maximum atomic E-state index is 14.3. The first-order valence-electron chi connectivity index (χ1n) is 9.83. The van der Waals surface area contributed by atoms with Crippen LogP contribution >= 0.6 is 11.6 Å². The number of rotatable bonds is 2. The summed E-state index contributed by atoms with van der Waals surface area (Å²) in [5.41, 5.74) is 4.02. The Morgan fingerprint density at radius 2 is 1.94 bits per heavy atom. The number of hydrogen-bond donors (Lipinski definition) is 2. The number of fused-ring (bicyclic) bond motifs is 3. The van der Waals surface area contributed by atoms with Crippen LogP contribution in [0.2, 0.25) is 5.02 Å². The van der Waals surface area contributed by atoms with Crippen molar-refractivity contribution >= 4 is 40.3 Å². The molecule has 1 aliphatic rings. The minimum absolute atomic E-state index is 0.0382. The van der Waals surface area contributed by atoms with Crippen molar-refractivity contribution in [3.63, 3.8) is 0 Å². The fraction of sp³-hybridized carbons (Fsp3) is 0.263. The monoisotopic (exact) mass is 492 g/mol. The third-order valence-corrected chi connectivity index (χ3v) is 5.96. The lowest BCUT2D eigenvalue weighted by molar-refractivity contribution is -0.181. The molecule has 1 aliphatic heterocycles. The highest BCUT2D eigenvalue weighted by atomic mass is 35.5. The fourth-order valence-corrected chi connectivity index (χ4v) is 4.10. The number of aryl methyl sites for hydroxylation is 1. The lowest BCUT2D eigenvalue weighted by Crippen LogP contribution is -2.46. The number of pyridine rings is 1. The molecule has 0 aliphatic carbocycles. The summed E-state index contributed by atoms with van der Waals surface area (Å²) < 4.78 is 43.8. The van der Waals surface area contributed by atoms with Crippen molar-refractivity contribution in [3.8, 4) is 5.82 Å². The lowest BCUT2D eigenvalue weighted by Gasteiger charge is -2.28. The average molecular weight is 493 g/mol. The van der Waals surface area contributed by atoms with Crippen LogP contribution in [0.15, 0.2) is 30.9 Å². The predicted molar refractivity (Wildman–Crippen MR) is 116 cm³/mol. The SMILES string of the molecule is Cc1nn2c3c(cnc2c1N)N(C(=O)Nc1cnc(-n2nccn2)c(Cl)c1)C[C@]3(C)C(F)(F)F. The van der Waals surface area contributed by atoms with E-state index in [0.29, 0.717) is 5.69 Å². The van der Waals surface area contributed by atoms with Gasteiger partial charge in [0.15, 0.2) is 11.5 Å². The summed E-state index contributed by atoms with van der Waals surface area (Å²) in [6, 6.07) is 0.569. The Kier molecular flexibility index (Phi) is 4.69. The molecule has 0 fully saturated rings. The number of carbonyl (C=O) groups excluding carboxylic acids is 1. The first kappa shape index (κ1) is 21.9. The molecule has 0 radical (unpaired) electrons. The summed E-state index contributed by atoms with van der Waals surface area (Å²) in [6.45, 7) is 1.89. The zero-order chi connectivity index (χ0) is 24.4. The zero-order valence-electron chi connectivity index (χ0n) is 17.7. The molecule has 5 rings (SSSR count). The molecule has 4 aromatic heterocycles. The summed E-state index contributed by atoms with van der Waals surface area (Å²) in [5, 5.41) is 14.7. The van der Waals surface area contributed by atoms with Crippen molar-refractivity contribution in [2.75, 3.05) is 22.5 Å². The van der Waals surface area contributed by atoms with Gasteiger partial charge in [-0.05, 0) is 19.9 Å². The van der Waals surface area contributed by atoms with Crippen molar-refractivity contribution in [3.05, 3.63) is 47.3 Å². The van der Waals surface area contributed by atoms with Gasteiger partial charge in [0, 0.05) is 6.54 Å². The number of nitrogen functional groups attached to an aromatic ring is 1. The first-order chi connectivity index (χ1) is 16.0. The number of hydrogen-bond acceptors (Lipinski definition) is 7. The number of amides is 2. The van der Waals surface area contributed by atoms with E-state index in [1.165, 1.54) is 35.7 Å². The predicted octanol–water partition coefficient (Wildman–Crippen LogP) is 3.12. The van der Waals surface area contributed by atoms with Crippen LogP contribution in [0.1, 0.15) is 18.3 Å². The number of nitrogens with one attached hydrogen (secondary N) is 1. The van der Waals surface area contributed by atoms with Crippen LogP contribution < -0.4 is 16.0 Å².